The zero-order valence-electron chi connectivity index (χ0n) is 14.3. The van der Waals surface area contributed by atoms with Crippen LogP contribution in [0.3, 0.4) is 0 Å². The van der Waals surface area contributed by atoms with E-state index in [9.17, 15) is 19.5 Å². The van der Waals surface area contributed by atoms with Crippen molar-refractivity contribution in [2.75, 3.05) is 13.2 Å². The normalized spacial score (nSPS) is 11.3. The van der Waals surface area contributed by atoms with Gasteiger partial charge in [-0.15, -0.1) is 0 Å². The van der Waals surface area contributed by atoms with Crippen molar-refractivity contribution in [3.63, 3.8) is 0 Å². The van der Waals surface area contributed by atoms with E-state index in [0.717, 1.165) is 0 Å². The average Bonchev–Trinajstić information content (AvgIpc) is 2.58. The summed E-state index contributed by atoms with van der Waals surface area (Å²) in [5.41, 5.74) is 0.506. The number of carbonyl (C=O) groups is 3. The van der Waals surface area contributed by atoms with E-state index in [4.69, 9.17) is 14.2 Å². The molecule has 136 valence electrons. The maximum atomic E-state index is 11.8. The first-order valence-electron chi connectivity index (χ1n) is 7.82. The van der Waals surface area contributed by atoms with E-state index in [1.54, 1.807) is 19.1 Å². The van der Waals surface area contributed by atoms with Gasteiger partial charge in [-0.25, -0.2) is 9.59 Å². The molecule has 7 nitrogen and oxygen atoms in total. The lowest BCUT2D eigenvalue weighted by Gasteiger charge is -2.11. The van der Waals surface area contributed by atoms with Crippen LogP contribution in [-0.4, -0.2) is 42.3 Å². The largest absolute Gasteiger partial charge is 0.462 e. The first kappa shape index (κ1) is 20.4. The predicted molar refractivity (Wildman–Crippen MR) is 89.0 cm³/mol. The summed E-state index contributed by atoms with van der Waals surface area (Å²) in [6.45, 7) is 6.64. The second-order valence-corrected chi connectivity index (χ2v) is 5.29. The SMILES string of the molecule is C=C(C)C(=O)OCC(O)CCC(=O)Oc1cccc(C(=O)OCC)c1. The molecule has 0 spiro atoms. The van der Waals surface area contributed by atoms with Crippen LogP contribution in [0.1, 0.15) is 37.0 Å². The van der Waals surface area contributed by atoms with Crippen LogP contribution in [0.5, 0.6) is 5.75 Å². The van der Waals surface area contributed by atoms with Gasteiger partial charge in [0.15, 0.2) is 0 Å². The third kappa shape index (κ3) is 7.63. The molecule has 1 N–H and O–H groups in total. The Balaban J connectivity index is 2.44. The molecule has 1 unspecified atom stereocenters. The summed E-state index contributed by atoms with van der Waals surface area (Å²) in [5, 5.41) is 9.69. The minimum Gasteiger partial charge on any atom is -0.462 e. The molecular weight excluding hydrogens is 328 g/mol. The number of hydrogen-bond donors (Lipinski definition) is 1. The third-order valence-corrected chi connectivity index (χ3v) is 3.01. The molecule has 0 saturated carbocycles. The Kier molecular flexibility index (Phi) is 8.35. The van der Waals surface area contributed by atoms with Crippen molar-refractivity contribution in [2.24, 2.45) is 0 Å². The highest BCUT2D eigenvalue weighted by Crippen LogP contribution is 2.15. The summed E-state index contributed by atoms with van der Waals surface area (Å²) in [5.74, 6) is -1.47. The maximum Gasteiger partial charge on any atom is 0.338 e. The van der Waals surface area contributed by atoms with Gasteiger partial charge in [0, 0.05) is 12.0 Å². The van der Waals surface area contributed by atoms with Crippen molar-refractivity contribution in [2.45, 2.75) is 32.8 Å². The number of benzene rings is 1. The van der Waals surface area contributed by atoms with Crippen LogP contribution in [0.2, 0.25) is 0 Å². The quantitative estimate of drug-likeness (QED) is 0.413. The van der Waals surface area contributed by atoms with E-state index in [2.05, 4.69) is 6.58 Å². The molecule has 0 aromatic heterocycles. The highest BCUT2D eigenvalue weighted by Gasteiger charge is 2.14. The zero-order chi connectivity index (χ0) is 18.8. The minimum atomic E-state index is -0.985. The van der Waals surface area contributed by atoms with E-state index in [0.29, 0.717) is 0 Å². The van der Waals surface area contributed by atoms with Gasteiger partial charge in [0.25, 0.3) is 0 Å². The van der Waals surface area contributed by atoms with Gasteiger partial charge in [0.05, 0.1) is 18.3 Å². The van der Waals surface area contributed by atoms with Crippen LogP contribution in [-0.2, 0) is 19.1 Å². The molecule has 1 aromatic rings. The van der Waals surface area contributed by atoms with Crippen LogP contribution >= 0.6 is 0 Å². The molecule has 0 amide bonds. The molecule has 0 bridgehead atoms. The van der Waals surface area contributed by atoms with Gasteiger partial charge >= 0.3 is 17.9 Å². The fourth-order valence-corrected chi connectivity index (χ4v) is 1.75. The van der Waals surface area contributed by atoms with Crippen LogP contribution in [0.25, 0.3) is 0 Å². The molecule has 0 aliphatic rings. The van der Waals surface area contributed by atoms with Crippen molar-refractivity contribution in [3.8, 4) is 5.75 Å². The zero-order valence-corrected chi connectivity index (χ0v) is 14.3. The van der Waals surface area contributed by atoms with Gasteiger partial charge in [-0.05, 0) is 38.5 Å². The summed E-state index contributed by atoms with van der Waals surface area (Å²) in [4.78, 5) is 34.6. The van der Waals surface area contributed by atoms with Crippen LogP contribution in [0, 0.1) is 0 Å². The lowest BCUT2D eigenvalue weighted by Crippen LogP contribution is -2.21. The van der Waals surface area contributed by atoms with Crippen molar-refractivity contribution in [1.29, 1.82) is 0 Å². The van der Waals surface area contributed by atoms with Crippen molar-refractivity contribution >= 4 is 17.9 Å². The topological polar surface area (TPSA) is 99.1 Å². The van der Waals surface area contributed by atoms with Crippen molar-refractivity contribution in [3.05, 3.63) is 42.0 Å². The number of rotatable bonds is 9. The number of carbonyl (C=O) groups excluding carboxylic acids is 3. The highest BCUT2D eigenvalue weighted by molar-refractivity contribution is 5.90. The van der Waals surface area contributed by atoms with Crippen LogP contribution in [0.4, 0.5) is 0 Å². The Hall–Kier alpha value is -2.67. The van der Waals surface area contributed by atoms with E-state index in [1.165, 1.54) is 19.1 Å². The van der Waals surface area contributed by atoms with E-state index < -0.39 is 24.0 Å². The highest BCUT2D eigenvalue weighted by atomic mass is 16.5. The number of aliphatic hydroxyl groups excluding tert-OH is 1. The Morgan fingerprint density at radius 3 is 2.60 bits per heavy atom. The second-order valence-electron chi connectivity index (χ2n) is 5.29. The molecular formula is C18H22O7. The van der Waals surface area contributed by atoms with Gasteiger partial charge in [0.2, 0.25) is 0 Å². The molecule has 1 aromatic carbocycles. The van der Waals surface area contributed by atoms with E-state index >= 15 is 0 Å². The smallest absolute Gasteiger partial charge is 0.338 e. The Bertz CT molecular complexity index is 636. The fraction of sp³-hybridized carbons (Fsp3) is 0.389. The lowest BCUT2D eigenvalue weighted by atomic mass is 10.2. The molecule has 7 heteroatoms. The summed E-state index contributed by atoms with van der Waals surface area (Å²) in [6.07, 6.45) is -0.989. The fourth-order valence-electron chi connectivity index (χ4n) is 1.75. The monoisotopic (exact) mass is 350 g/mol. The minimum absolute atomic E-state index is 0.0693. The Labute approximate surface area is 146 Å². The molecule has 0 fully saturated rings. The van der Waals surface area contributed by atoms with Crippen LogP contribution < -0.4 is 4.74 Å². The standard InChI is InChI=1S/C18H22O7/c1-4-23-18(22)13-6-5-7-15(10-13)25-16(20)9-8-14(19)11-24-17(21)12(2)3/h5-7,10,14,19H,2,4,8-9,11H2,1,3H3. The number of hydrogen-bond acceptors (Lipinski definition) is 7. The van der Waals surface area contributed by atoms with Gasteiger partial charge in [0.1, 0.15) is 12.4 Å². The first-order valence-corrected chi connectivity index (χ1v) is 7.82. The molecule has 25 heavy (non-hydrogen) atoms. The van der Waals surface area contributed by atoms with Crippen molar-refractivity contribution in [1.82, 2.24) is 0 Å². The second kappa shape index (κ2) is 10.2. The van der Waals surface area contributed by atoms with Crippen molar-refractivity contribution < 1.29 is 33.7 Å². The summed E-state index contributed by atoms with van der Waals surface area (Å²) >= 11 is 0. The maximum absolute atomic E-state index is 11.8. The summed E-state index contributed by atoms with van der Waals surface area (Å²) in [6, 6.07) is 6.06. The van der Waals surface area contributed by atoms with E-state index in [-0.39, 0.29) is 42.9 Å². The summed E-state index contributed by atoms with van der Waals surface area (Å²) in [7, 11) is 0. The van der Waals surface area contributed by atoms with Gasteiger partial charge in [-0.2, -0.15) is 0 Å². The van der Waals surface area contributed by atoms with Gasteiger partial charge in [-0.3, -0.25) is 4.79 Å². The number of esters is 3. The molecule has 0 saturated heterocycles. The summed E-state index contributed by atoms with van der Waals surface area (Å²) < 4.78 is 14.8. The number of aliphatic hydroxyl groups is 1. The Morgan fingerprint density at radius 1 is 1.24 bits per heavy atom. The van der Waals surface area contributed by atoms with E-state index in [1.807, 2.05) is 0 Å². The number of ether oxygens (including phenoxy) is 3. The third-order valence-electron chi connectivity index (χ3n) is 3.01. The predicted octanol–water partition coefficient (Wildman–Crippen LogP) is 2.03. The molecule has 0 aliphatic heterocycles. The molecule has 1 atom stereocenters. The lowest BCUT2D eigenvalue weighted by molar-refractivity contribution is -0.142. The Morgan fingerprint density at radius 2 is 1.96 bits per heavy atom. The first-order chi connectivity index (χ1) is 11.8. The molecule has 1 rings (SSSR count). The molecule has 0 radical (unpaired) electrons. The van der Waals surface area contributed by atoms with Gasteiger partial charge in [-0.1, -0.05) is 12.6 Å². The van der Waals surface area contributed by atoms with Gasteiger partial charge < -0.3 is 19.3 Å². The molecule has 0 heterocycles. The molecule has 0 aliphatic carbocycles. The van der Waals surface area contributed by atoms with Crippen LogP contribution in [0.15, 0.2) is 36.4 Å². The average molecular weight is 350 g/mol.